The standard InChI is InChI=1S/C26H34F2N2O3/c1-25(2,3)19-6-4-7-20(14-19)26(10-5-11-30(17-26)24(32)33)29-16-23(31)9-8-18-12-21(27)15-22(28)13-18/h4,6-7,12-15,23,29,31H,5,8-11,16-17H2,1-3H3,(H,32,33). The first kappa shape index (κ1) is 25.1. The van der Waals surface area contributed by atoms with Crippen LogP contribution in [0.25, 0.3) is 0 Å². The molecule has 7 heteroatoms. The van der Waals surface area contributed by atoms with E-state index in [1.165, 1.54) is 17.0 Å². The highest BCUT2D eigenvalue weighted by Gasteiger charge is 2.39. The highest BCUT2D eigenvalue weighted by Crippen LogP contribution is 2.34. The fourth-order valence-electron chi connectivity index (χ4n) is 4.49. The number of aryl methyl sites for hydroxylation is 1. The van der Waals surface area contributed by atoms with Crippen molar-refractivity contribution in [2.45, 2.75) is 63.5 Å². The number of carbonyl (C=O) groups is 1. The van der Waals surface area contributed by atoms with Crippen molar-refractivity contribution in [3.63, 3.8) is 0 Å². The van der Waals surface area contributed by atoms with Crippen LogP contribution in [-0.2, 0) is 17.4 Å². The summed E-state index contributed by atoms with van der Waals surface area (Å²) >= 11 is 0. The lowest BCUT2D eigenvalue weighted by molar-refractivity contribution is 0.0836. The maximum atomic E-state index is 13.4. The molecule has 2 aromatic rings. The third kappa shape index (κ3) is 6.51. The number of piperidine rings is 1. The smallest absolute Gasteiger partial charge is 0.407 e. The Morgan fingerprint density at radius 3 is 2.52 bits per heavy atom. The van der Waals surface area contributed by atoms with E-state index in [4.69, 9.17) is 0 Å². The van der Waals surface area contributed by atoms with Gasteiger partial charge in [-0.25, -0.2) is 13.6 Å². The number of nitrogens with one attached hydrogen (secondary N) is 1. The van der Waals surface area contributed by atoms with Crippen molar-refractivity contribution in [2.75, 3.05) is 19.6 Å². The number of rotatable bonds is 7. The van der Waals surface area contributed by atoms with Gasteiger partial charge in [-0.3, -0.25) is 0 Å². The molecule has 0 aromatic heterocycles. The third-order valence-corrected chi connectivity index (χ3v) is 6.41. The minimum atomic E-state index is -0.957. The first-order valence-corrected chi connectivity index (χ1v) is 11.5. The zero-order valence-corrected chi connectivity index (χ0v) is 19.6. The van der Waals surface area contributed by atoms with Gasteiger partial charge in [0.2, 0.25) is 0 Å². The summed E-state index contributed by atoms with van der Waals surface area (Å²) < 4.78 is 26.9. The van der Waals surface area contributed by atoms with Crippen LogP contribution in [0.4, 0.5) is 13.6 Å². The maximum Gasteiger partial charge on any atom is 0.407 e. The Labute approximate surface area is 194 Å². The molecule has 0 aliphatic carbocycles. The Morgan fingerprint density at radius 1 is 1.18 bits per heavy atom. The average Bonchev–Trinajstić information content (AvgIpc) is 2.75. The molecular weight excluding hydrogens is 426 g/mol. The van der Waals surface area contributed by atoms with Gasteiger partial charge in [0, 0.05) is 25.7 Å². The number of aliphatic hydroxyl groups is 1. The van der Waals surface area contributed by atoms with E-state index in [2.05, 4.69) is 38.2 Å². The Bertz CT molecular complexity index is 956. The van der Waals surface area contributed by atoms with Crippen LogP contribution in [0, 0.1) is 11.6 Å². The summed E-state index contributed by atoms with van der Waals surface area (Å²) in [6, 6.07) is 11.6. The molecule has 2 aromatic carbocycles. The number of nitrogens with zero attached hydrogens (tertiary/aromatic N) is 1. The normalized spacial score (nSPS) is 20.0. The SMILES string of the molecule is CC(C)(C)c1cccc(C2(NCC(O)CCc3cc(F)cc(F)c3)CCCN(C(=O)O)C2)c1. The molecule has 2 unspecified atom stereocenters. The summed E-state index contributed by atoms with van der Waals surface area (Å²) in [5.41, 5.74) is 1.97. The van der Waals surface area contributed by atoms with Gasteiger partial charge in [0.15, 0.2) is 0 Å². The molecule has 5 nitrogen and oxygen atoms in total. The molecule has 0 saturated carbocycles. The quantitative estimate of drug-likeness (QED) is 0.554. The molecule has 33 heavy (non-hydrogen) atoms. The molecule has 1 fully saturated rings. The van der Waals surface area contributed by atoms with Crippen LogP contribution in [0.3, 0.4) is 0 Å². The van der Waals surface area contributed by atoms with Gasteiger partial charge >= 0.3 is 6.09 Å². The van der Waals surface area contributed by atoms with Crippen molar-refractivity contribution >= 4 is 6.09 Å². The number of likely N-dealkylation sites (tertiary alicyclic amines) is 1. The predicted molar refractivity (Wildman–Crippen MR) is 124 cm³/mol. The lowest BCUT2D eigenvalue weighted by atomic mass is 9.78. The topological polar surface area (TPSA) is 72.8 Å². The van der Waals surface area contributed by atoms with Gasteiger partial charge in [0.05, 0.1) is 11.6 Å². The monoisotopic (exact) mass is 460 g/mol. The van der Waals surface area contributed by atoms with Crippen molar-refractivity contribution in [1.29, 1.82) is 0 Å². The van der Waals surface area contributed by atoms with E-state index < -0.39 is 29.4 Å². The number of hydrogen-bond donors (Lipinski definition) is 3. The van der Waals surface area contributed by atoms with Crippen LogP contribution in [0.5, 0.6) is 0 Å². The highest BCUT2D eigenvalue weighted by atomic mass is 19.1. The van der Waals surface area contributed by atoms with Gasteiger partial charge in [-0.15, -0.1) is 0 Å². The van der Waals surface area contributed by atoms with E-state index in [9.17, 15) is 23.8 Å². The molecule has 3 rings (SSSR count). The van der Waals surface area contributed by atoms with Crippen molar-refractivity contribution < 1.29 is 23.8 Å². The van der Waals surface area contributed by atoms with Crippen LogP contribution in [0.15, 0.2) is 42.5 Å². The number of halogens is 2. The zero-order valence-electron chi connectivity index (χ0n) is 19.6. The molecule has 1 amide bonds. The minimum absolute atomic E-state index is 0.0574. The molecule has 1 saturated heterocycles. The first-order chi connectivity index (χ1) is 15.5. The second-order valence-electron chi connectivity index (χ2n) is 10.1. The second kappa shape index (κ2) is 10.2. The van der Waals surface area contributed by atoms with Gasteiger partial charge in [-0.1, -0.05) is 45.0 Å². The van der Waals surface area contributed by atoms with E-state index >= 15 is 0 Å². The molecule has 0 radical (unpaired) electrons. The van der Waals surface area contributed by atoms with E-state index in [-0.39, 0.29) is 18.5 Å². The molecule has 0 bridgehead atoms. The van der Waals surface area contributed by atoms with Crippen molar-refractivity contribution in [3.05, 3.63) is 70.8 Å². The van der Waals surface area contributed by atoms with Crippen LogP contribution in [0.2, 0.25) is 0 Å². The minimum Gasteiger partial charge on any atom is -0.465 e. The van der Waals surface area contributed by atoms with E-state index in [0.717, 1.165) is 23.6 Å². The predicted octanol–water partition coefficient (Wildman–Crippen LogP) is 4.81. The fourth-order valence-corrected chi connectivity index (χ4v) is 4.49. The zero-order chi connectivity index (χ0) is 24.2. The van der Waals surface area contributed by atoms with Gasteiger partial charge in [0.1, 0.15) is 11.6 Å². The molecule has 2 atom stereocenters. The van der Waals surface area contributed by atoms with Gasteiger partial charge in [-0.2, -0.15) is 0 Å². The van der Waals surface area contributed by atoms with Crippen LogP contribution >= 0.6 is 0 Å². The van der Waals surface area contributed by atoms with Gasteiger partial charge in [-0.05, 0) is 59.9 Å². The largest absolute Gasteiger partial charge is 0.465 e. The summed E-state index contributed by atoms with van der Waals surface area (Å²) in [6.07, 6.45) is 0.409. The van der Waals surface area contributed by atoms with E-state index in [1.807, 2.05) is 12.1 Å². The Hall–Kier alpha value is -2.51. The molecular formula is C26H34F2N2O3. The number of aliphatic hydroxyl groups excluding tert-OH is 1. The molecule has 1 aliphatic heterocycles. The van der Waals surface area contributed by atoms with Crippen molar-refractivity contribution in [1.82, 2.24) is 10.2 Å². The Morgan fingerprint density at radius 2 is 1.88 bits per heavy atom. The van der Waals surface area contributed by atoms with E-state index in [1.54, 1.807) is 0 Å². The summed E-state index contributed by atoms with van der Waals surface area (Å²) in [7, 11) is 0. The third-order valence-electron chi connectivity index (χ3n) is 6.41. The first-order valence-electron chi connectivity index (χ1n) is 11.5. The van der Waals surface area contributed by atoms with Crippen LogP contribution < -0.4 is 5.32 Å². The van der Waals surface area contributed by atoms with Crippen molar-refractivity contribution in [2.24, 2.45) is 0 Å². The second-order valence-corrected chi connectivity index (χ2v) is 10.1. The summed E-state index contributed by atoms with van der Waals surface area (Å²) in [5.74, 6) is -1.27. The Kier molecular flexibility index (Phi) is 7.75. The number of amides is 1. The van der Waals surface area contributed by atoms with Gasteiger partial charge < -0.3 is 20.4 Å². The lowest BCUT2D eigenvalue weighted by Crippen LogP contribution is -2.57. The van der Waals surface area contributed by atoms with E-state index in [0.29, 0.717) is 31.4 Å². The maximum absolute atomic E-state index is 13.4. The molecule has 3 N–H and O–H groups in total. The molecule has 1 aliphatic rings. The number of carboxylic acid groups (broad SMARTS) is 1. The summed E-state index contributed by atoms with van der Waals surface area (Å²) in [4.78, 5) is 13.2. The number of hydrogen-bond acceptors (Lipinski definition) is 3. The molecule has 1 heterocycles. The Balaban J connectivity index is 1.77. The van der Waals surface area contributed by atoms with Crippen molar-refractivity contribution in [3.8, 4) is 0 Å². The highest BCUT2D eigenvalue weighted by molar-refractivity contribution is 5.65. The lowest BCUT2D eigenvalue weighted by Gasteiger charge is -2.44. The summed E-state index contributed by atoms with van der Waals surface area (Å²) in [6.45, 7) is 7.41. The average molecular weight is 461 g/mol. The summed E-state index contributed by atoms with van der Waals surface area (Å²) in [5, 5.41) is 23.7. The fraction of sp³-hybridized carbons (Fsp3) is 0.500. The van der Waals surface area contributed by atoms with Gasteiger partial charge in [0.25, 0.3) is 0 Å². The molecule has 180 valence electrons. The molecule has 0 spiro atoms. The number of benzene rings is 2. The van der Waals surface area contributed by atoms with Crippen LogP contribution in [0.1, 0.15) is 56.7 Å². The van der Waals surface area contributed by atoms with Crippen LogP contribution in [-0.4, -0.2) is 46.9 Å².